The van der Waals surface area contributed by atoms with Crippen LogP contribution in [0.2, 0.25) is 0 Å². The van der Waals surface area contributed by atoms with Crippen LogP contribution in [0.1, 0.15) is 41.2 Å². The van der Waals surface area contributed by atoms with Gasteiger partial charge in [-0.05, 0) is 38.3 Å². The van der Waals surface area contributed by atoms with E-state index < -0.39 is 16.1 Å². The normalized spacial score (nSPS) is 16.2. The number of nitrogens with one attached hydrogen (secondary N) is 1. The lowest BCUT2D eigenvalue weighted by molar-refractivity contribution is -0.135. The first kappa shape index (κ1) is 23.9. The first-order valence-electron chi connectivity index (χ1n) is 10.6. The predicted molar refractivity (Wildman–Crippen MR) is 119 cm³/mol. The molecule has 10 heteroatoms. The van der Waals surface area contributed by atoms with Crippen LogP contribution in [0.4, 0.5) is 0 Å². The van der Waals surface area contributed by atoms with Gasteiger partial charge < -0.3 is 14.7 Å². The molecule has 1 aromatic heterocycles. The Morgan fingerprint density at radius 1 is 1.06 bits per heavy atom. The Hall–Kier alpha value is -2.72. The van der Waals surface area contributed by atoms with Crippen molar-refractivity contribution in [2.45, 2.75) is 45.6 Å². The van der Waals surface area contributed by atoms with Gasteiger partial charge in [-0.3, -0.25) is 9.59 Å². The minimum atomic E-state index is -3.76. The summed E-state index contributed by atoms with van der Waals surface area (Å²) >= 11 is 0. The molecule has 0 radical (unpaired) electrons. The fraction of sp³-hybridized carbons (Fsp3) is 0.500. The monoisotopic (exact) mass is 462 g/mol. The molecule has 0 saturated carbocycles. The molecule has 9 nitrogen and oxygen atoms in total. The number of hydrogen-bond donors (Lipinski definition) is 1. The van der Waals surface area contributed by atoms with Crippen LogP contribution >= 0.6 is 0 Å². The van der Waals surface area contributed by atoms with Crippen LogP contribution in [-0.2, 0) is 14.8 Å². The van der Waals surface area contributed by atoms with Crippen LogP contribution < -0.4 is 5.32 Å². The number of rotatable bonds is 6. The van der Waals surface area contributed by atoms with E-state index in [0.29, 0.717) is 11.3 Å². The second kappa shape index (κ2) is 9.41. The predicted octanol–water partition coefficient (Wildman–Crippen LogP) is 1.89. The Morgan fingerprint density at radius 2 is 1.69 bits per heavy atom. The number of aryl methyl sites for hydroxylation is 3. The molecular weight excluding hydrogens is 432 g/mol. The van der Waals surface area contributed by atoms with Gasteiger partial charge in [-0.15, -0.1) is 0 Å². The highest BCUT2D eigenvalue weighted by Gasteiger charge is 2.36. The zero-order chi connectivity index (χ0) is 23.6. The first-order chi connectivity index (χ1) is 15.0. The van der Waals surface area contributed by atoms with Crippen molar-refractivity contribution in [2.24, 2.45) is 5.92 Å². The lowest BCUT2D eigenvalue weighted by Gasteiger charge is -2.36. The van der Waals surface area contributed by atoms with E-state index in [1.807, 2.05) is 32.9 Å². The largest absolute Gasteiger partial charge is 0.360 e. The molecule has 1 aliphatic rings. The fourth-order valence-corrected chi connectivity index (χ4v) is 5.59. The summed E-state index contributed by atoms with van der Waals surface area (Å²) in [5.74, 6) is -0.384. The van der Waals surface area contributed by atoms with Crippen molar-refractivity contribution in [3.63, 3.8) is 0 Å². The van der Waals surface area contributed by atoms with E-state index in [-0.39, 0.29) is 54.6 Å². The van der Waals surface area contributed by atoms with Gasteiger partial charge in [0, 0.05) is 31.7 Å². The highest BCUT2D eigenvalue weighted by Crippen LogP contribution is 2.24. The van der Waals surface area contributed by atoms with Gasteiger partial charge in [0.05, 0.1) is 0 Å². The summed E-state index contributed by atoms with van der Waals surface area (Å²) in [5, 5.41) is 6.60. The molecule has 2 amide bonds. The average Bonchev–Trinajstić information content (AvgIpc) is 3.10. The van der Waals surface area contributed by atoms with Crippen molar-refractivity contribution < 1.29 is 22.5 Å². The van der Waals surface area contributed by atoms with Gasteiger partial charge in [0.25, 0.3) is 5.91 Å². The smallest absolute Gasteiger partial charge is 0.252 e. The number of carbonyl (C=O) groups excluding carboxylic acids is 2. The Balaban J connectivity index is 1.69. The lowest BCUT2D eigenvalue weighted by atomic mass is 10.0. The average molecular weight is 463 g/mol. The zero-order valence-electron chi connectivity index (χ0n) is 19.1. The number of hydrogen-bond acceptors (Lipinski definition) is 6. The minimum Gasteiger partial charge on any atom is -0.360 e. The third kappa shape index (κ3) is 4.71. The van der Waals surface area contributed by atoms with Crippen LogP contribution in [0.25, 0.3) is 0 Å². The molecule has 32 heavy (non-hydrogen) atoms. The molecule has 1 atom stereocenters. The molecule has 1 aromatic carbocycles. The van der Waals surface area contributed by atoms with Crippen molar-refractivity contribution in [3.8, 4) is 0 Å². The van der Waals surface area contributed by atoms with Gasteiger partial charge in [0.1, 0.15) is 16.6 Å². The second-order valence-electron chi connectivity index (χ2n) is 8.39. The van der Waals surface area contributed by atoms with Crippen molar-refractivity contribution in [2.75, 3.05) is 26.2 Å². The molecule has 2 heterocycles. The quantitative estimate of drug-likeness (QED) is 0.701. The molecule has 0 unspecified atom stereocenters. The van der Waals surface area contributed by atoms with Crippen LogP contribution in [0.3, 0.4) is 0 Å². The van der Waals surface area contributed by atoms with Crippen molar-refractivity contribution >= 4 is 21.8 Å². The SMILES string of the molecule is Cc1ccccc1C(=O)N[C@H](C(=O)N1CCN(S(=O)(=O)c2c(C)noc2C)CC1)C(C)C. The van der Waals surface area contributed by atoms with Gasteiger partial charge in [-0.2, -0.15) is 4.31 Å². The minimum absolute atomic E-state index is 0.0860. The molecule has 1 aliphatic heterocycles. The molecule has 1 fully saturated rings. The summed E-state index contributed by atoms with van der Waals surface area (Å²) in [6.45, 7) is 9.56. The number of benzene rings is 1. The summed E-state index contributed by atoms with van der Waals surface area (Å²) in [5.41, 5.74) is 1.68. The van der Waals surface area contributed by atoms with Crippen molar-refractivity contribution in [1.29, 1.82) is 0 Å². The second-order valence-corrected chi connectivity index (χ2v) is 10.3. The maximum Gasteiger partial charge on any atom is 0.252 e. The van der Waals surface area contributed by atoms with E-state index in [9.17, 15) is 18.0 Å². The van der Waals surface area contributed by atoms with Gasteiger partial charge in [0.15, 0.2) is 5.76 Å². The summed E-state index contributed by atoms with van der Waals surface area (Å²) in [6.07, 6.45) is 0. The van der Waals surface area contributed by atoms with E-state index in [1.54, 1.807) is 30.9 Å². The van der Waals surface area contributed by atoms with Crippen LogP contribution in [0, 0.1) is 26.7 Å². The number of piperazine rings is 1. The summed E-state index contributed by atoms with van der Waals surface area (Å²) < 4.78 is 32.4. The number of nitrogens with zero attached hydrogens (tertiary/aromatic N) is 3. The zero-order valence-corrected chi connectivity index (χ0v) is 19.9. The van der Waals surface area contributed by atoms with Crippen LogP contribution in [-0.4, -0.2) is 66.8 Å². The van der Waals surface area contributed by atoms with E-state index in [2.05, 4.69) is 10.5 Å². The Bertz CT molecular complexity index is 1080. The lowest BCUT2D eigenvalue weighted by Crippen LogP contribution is -2.57. The molecule has 1 N–H and O–H groups in total. The molecule has 2 aromatic rings. The maximum absolute atomic E-state index is 13.2. The van der Waals surface area contributed by atoms with Gasteiger partial charge in [-0.25, -0.2) is 8.42 Å². The maximum atomic E-state index is 13.2. The van der Waals surface area contributed by atoms with E-state index in [4.69, 9.17) is 4.52 Å². The number of sulfonamides is 1. The molecule has 0 bridgehead atoms. The molecular formula is C22H30N4O5S. The highest BCUT2D eigenvalue weighted by molar-refractivity contribution is 7.89. The summed E-state index contributed by atoms with van der Waals surface area (Å²) in [6, 6.07) is 6.51. The van der Waals surface area contributed by atoms with Crippen molar-refractivity contribution in [3.05, 3.63) is 46.8 Å². The number of amides is 2. The Labute approximate surface area is 188 Å². The Morgan fingerprint density at radius 3 is 2.22 bits per heavy atom. The molecule has 3 rings (SSSR count). The fourth-order valence-electron chi connectivity index (χ4n) is 3.88. The highest BCUT2D eigenvalue weighted by atomic mass is 32.2. The third-order valence-corrected chi connectivity index (χ3v) is 7.87. The van der Waals surface area contributed by atoms with E-state index in [1.165, 1.54) is 4.31 Å². The Kier molecular flexibility index (Phi) is 7.04. The number of aromatic nitrogens is 1. The van der Waals surface area contributed by atoms with Gasteiger partial charge in [-0.1, -0.05) is 37.2 Å². The summed E-state index contributed by atoms with van der Waals surface area (Å²) in [7, 11) is -3.76. The van der Waals surface area contributed by atoms with Crippen molar-refractivity contribution in [1.82, 2.24) is 19.7 Å². The van der Waals surface area contributed by atoms with E-state index in [0.717, 1.165) is 5.56 Å². The topological polar surface area (TPSA) is 113 Å². The van der Waals surface area contributed by atoms with Crippen LogP contribution in [0.15, 0.2) is 33.7 Å². The van der Waals surface area contributed by atoms with Gasteiger partial charge >= 0.3 is 0 Å². The molecule has 0 aliphatic carbocycles. The summed E-state index contributed by atoms with van der Waals surface area (Å²) in [4.78, 5) is 27.7. The molecule has 174 valence electrons. The van der Waals surface area contributed by atoms with Gasteiger partial charge in [0.2, 0.25) is 15.9 Å². The van der Waals surface area contributed by atoms with E-state index >= 15 is 0 Å². The standard InChI is InChI=1S/C22H30N4O5S/c1-14(2)19(23-21(27)18-9-7-6-8-15(18)3)22(28)25-10-12-26(13-11-25)32(29,30)20-16(4)24-31-17(20)5/h6-9,14,19H,10-13H2,1-5H3,(H,23,27)/t19-/m0/s1. The molecule has 1 saturated heterocycles. The third-order valence-electron chi connectivity index (χ3n) is 5.73. The molecule has 0 spiro atoms. The van der Waals surface area contributed by atoms with Crippen LogP contribution in [0.5, 0.6) is 0 Å². The first-order valence-corrected chi connectivity index (χ1v) is 12.1. The number of carbonyl (C=O) groups is 2.